The Kier molecular flexibility index (Phi) is 3.14. The number of halogens is 1. The second-order valence-corrected chi connectivity index (χ2v) is 5.32. The third-order valence-corrected chi connectivity index (χ3v) is 4.10. The topological polar surface area (TPSA) is 49.6 Å². The minimum atomic E-state index is -0.529. The third-order valence-electron chi connectivity index (χ3n) is 4.10. The number of hydrogen-bond acceptors (Lipinski definition) is 3. The Bertz CT molecular complexity index is 505. The first-order valence-corrected chi connectivity index (χ1v) is 6.73. The lowest BCUT2D eigenvalue weighted by Gasteiger charge is -2.37. The van der Waals surface area contributed by atoms with Gasteiger partial charge in [-0.2, -0.15) is 0 Å². The molecule has 0 spiro atoms. The van der Waals surface area contributed by atoms with Crippen molar-refractivity contribution >= 4 is 11.6 Å². The molecule has 0 aromatic heterocycles. The lowest BCUT2D eigenvalue weighted by Crippen LogP contribution is -2.52. The summed E-state index contributed by atoms with van der Waals surface area (Å²) < 4.78 is 13.8. The van der Waals surface area contributed by atoms with Gasteiger partial charge in [0.15, 0.2) is 0 Å². The van der Waals surface area contributed by atoms with E-state index in [4.69, 9.17) is 5.73 Å². The van der Waals surface area contributed by atoms with Crippen molar-refractivity contribution in [2.75, 3.05) is 31.9 Å². The van der Waals surface area contributed by atoms with Crippen molar-refractivity contribution in [1.29, 1.82) is 0 Å². The fraction of sp³-hybridized carbons (Fsp3) is 0.500. The van der Waals surface area contributed by atoms with Crippen LogP contribution in [-0.2, 0) is 0 Å². The average molecular weight is 263 g/mol. The molecule has 4 nitrogen and oxygen atoms in total. The van der Waals surface area contributed by atoms with E-state index in [1.807, 2.05) is 0 Å². The number of rotatable bonds is 1. The van der Waals surface area contributed by atoms with E-state index in [-0.39, 0.29) is 11.5 Å². The fourth-order valence-corrected chi connectivity index (χ4v) is 3.05. The molecule has 1 aromatic rings. The number of anilines is 1. The van der Waals surface area contributed by atoms with Crippen molar-refractivity contribution in [3.8, 4) is 0 Å². The molecule has 2 aliphatic rings. The van der Waals surface area contributed by atoms with Crippen LogP contribution in [0, 0.1) is 5.82 Å². The average Bonchev–Trinajstić information content (AvgIpc) is 2.85. The van der Waals surface area contributed by atoms with E-state index in [2.05, 4.69) is 4.90 Å². The Morgan fingerprint density at radius 2 is 2.16 bits per heavy atom. The predicted molar refractivity (Wildman–Crippen MR) is 71.3 cm³/mol. The molecule has 102 valence electrons. The van der Waals surface area contributed by atoms with E-state index in [0.717, 1.165) is 19.5 Å². The van der Waals surface area contributed by atoms with Gasteiger partial charge in [-0.05, 0) is 37.6 Å². The molecule has 5 heteroatoms. The van der Waals surface area contributed by atoms with E-state index < -0.39 is 5.82 Å². The van der Waals surface area contributed by atoms with Gasteiger partial charge < -0.3 is 10.6 Å². The van der Waals surface area contributed by atoms with Gasteiger partial charge >= 0.3 is 0 Å². The van der Waals surface area contributed by atoms with Gasteiger partial charge in [-0.1, -0.05) is 0 Å². The number of benzene rings is 1. The van der Waals surface area contributed by atoms with Crippen LogP contribution in [0.5, 0.6) is 0 Å². The molecule has 19 heavy (non-hydrogen) atoms. The summed E-state index contributed by atoms with van der Waals surface area (Å²) in [6.45, 7) is 3.41. The molecule has 1 unspecified atom stereocenters. The Hall–Kier alpha value is -1.62. The molecule has 3 rings (SSSR count). The number of fused-ring (bicyclic) bond motifs is 1. The highest BCUT2D eigenvalue weighted by atomic mass is 19.1. The summed E-state index contributed by atoms with van der Waals surface area (Å²) in [5.41, 5.74) is 5.97. The summed E-state index contributed by atoms with van der Waals surface area (Å²) >= 11 is 0. The number of piperazine rings is 1. The zero-order chi connectivity index (χ0) is 13.4. The number of nitrogens with two attached hydrogens (primary N) is 1. The Morgan fingerprint density at radius 1 is 1.32 bits per heavy atom. The first kappa shape index (κ1) is 12.4. The number of nitrogens with zero attached hydrogens (tertiary/aromatic N) is 2. The molecule has 2 N–H and O–H groups in total. The Morgan fingerprint density at radius 3 is 2.95 bits per heavy atom. The van der Waals surface area contributed by atoms with Gasteiger partial charge in [-0.3, -0.25) is 9.69 Å². The number of nitrogen functional groups attached to an aromatic ring is 1. The molecule has 1 atom stereocenters. The second kappa shape index (κ2) is 4.81. The number of carbonyl (C=O) groups excluding carboxylic acids is 1. The smallest absolute Gasteiger partial charge is 0.256 e. The van der Waals surface area contributed by atoms with E-state index in [9.17, 15) is 9.18 Å². The van der Waals surface area contributed by atoms with Crippen LogP contribution in [-0.4, -0.2) is 47.9 Å². The summed E-state index contributed by atoms with van der Waals surface area (Å²) in [4.78, 5) is 16.5. The third kappa shape index (κ3) is 2.30. The molecule has 2 saturated heterocycles. The van der Waals surface area contributed by atoms with Gasteiger partial charge in [-0.25, -0.2) is 4.39 Å². The summed E-state index contributed by atoms with van der Waals surface area (Å²) in [7, 11) is 0. The maximum atomic E-state index is 13.8. The summed E-state index contributed by atoms with van der Waals surface area (Å²) in [6.07, 6.45) is 2.33. The highest BCUT2D eigenvalue weighted by molar-refractivity contribution is 5.95. The van der Waals surface area contributed by atoms with Crippen LogP contribution >= 0.6 is 0 Å². The van der Waals surface area contributed by atoms with E-state index >= 15 is 0 Å². The summed E-state index contributed by atoms with van der Waals surface area (Å²) in [5.74, 6) is -0.747. The van der Waals surface area contributed by atoms with Gasteiger partial charge in [-0.15, -0.1) is 0 Å². The largest absolute Gasteiger partial charge is 0.399 e. The molecular weight excluding hydrogens is 245 g/mol. The SMILES string of the molecule is Nc1ccc(C(=O)N2CCN3CCCC3C2)c(F)c1. The van der Waals surface area contributed by atoms with Crippen LogP contribution in [0.1, 0.15) is 23.2 Å². The van der Waals surface area contributed by atoms with Crippen LogP contribution in [0.15, 0.2) is 18.2 Å². The number of carbonyl (C=O) groups is 1. The summed E-state index contributed by atoms with van der Waals surface area (Å²) in [6, 6.07) is 4.71. The zero-order valence-electron chi connectivity index (χ0n) is 10.8. The molecule has 2 heterocycles. The minimum absolute atomic E-state index is 0.126. The second-order valence-electron chi connectivity index (χ2n) is 5.32. The van der Waals surface area contributed by atoms with E-state index in [1.165, 1.54) is 18.6 Å². The quantitative estimate of drug-likeness (QED) is 0.778. The molecule has 2 aliphatic heterocycles. The van der Waals surface area contributed by atoms with Crippen LogP contribution in [0.4, 0.5) is 10.1 Å². The zero-order valence-corrected chi connectivity index (χ0v) is 10.8. The van der Waals surface area contributed by atoms with Crippen LogP contribution in [0.25, 0.3) is 0 Å². The van der Waals surface area contributed by atoms with Crippen molar-refractivity contribution < 1.29 is 9.18 Å². The molecule has 0 bridgehead atoms. The summed E-state index contributed by atoms with van der Waals surface area (Å²) in [5, 5.41) is 0. The molecule has 0 aliphatic carbocycles. The fourth-order valence-electron chi connectivity index (χ4n) is 3.05. The maximum Gasteiger partial charge on any atom is 0.256 e. The van der Waals surface area contributed by atoms with Gasteiger partial charge in [0.25, 0.3) is 5.91 Å². The monoisotopic (exact) mass is 263 g/mol. The van der Waals surface area contributed by atoms with Crippen molar-refractivity contribution in [3.05, 3.63) is 29.6 Å². The molecule has 2 fully saturated rings. The van der Waals surface area contributed by atoms with E-state index in [1.54, 1.807) is 11.0 Å². The van der Waals surface area contributed by atoms with Gasteiger partial charge in [0.2, 0.25) is 0 Å². The van der Waals surface area contributed by atoms with Gasteiger partial charge in [0.05, 0.1) is 5.56 Å². The number of hydrogen-bond donors (Lipinski definition) is 1. The lowest BCUT2D eigenvalue weighted by atomic mass is 10.1. The predicted octanol–water partition coefficient (Wildman–Crippen LogP) is 1.33. The van der Waals surface area contributed by atoms with Crippen molar-refractivity contribution in [1.82, 2.24) is 9.80 Å². The standard InChI is InChI=1S/C14H18FN3O/c15-13-8-10(16)3-4-12(13)14(19)18-7-6-17-5-1-2-11(17)9-18/h3-4,8,11H,1-2,5-7,9,16H2. The molecule has 1 aromatic carbocycles. The molecule has 1 amide bonds. The lowest BCUT2D eigenvalue weighted by molar-refractivity contribution is 0.0567. The van der Waals surface area contributed by atoms with Gasteiger partial charge in [0, 0.05) is 31.4 Å². The maximum absolute atomic E-state index is 13.8. The highest BCUT2D eigenvalue weighted by Gasteiger charge is 2.33. The van der Waals surface area contributed by atoms with E-state index in [0.29, 0.717) is 24.8 Å². The van der Waals surface area contributed by atoms with Crippen molar-refractivity contribution in [2.45, 2.75) is 18.9 Å². The van der Waals surface area contributed by atoms with Crippen molar-refractivity contribution in [3.63, 3.8) is 0 Å². The first-order chi connectivity index (χ1) is 9.15. The normalized spacial score (nSPS) is 23.4. The van der Waals surface area contributed by atoms with Crippen LogP contribution in [0.2, 0.25) is 0 Å². The molecule has 0 radical (unpaired) electrons. The number of amides is 1. The Balaban J connectivity index is 1.76. The molecule has 0 saturated carbocycles. The van der Waals surface area contributed by atoms with Crippen LogP contribution in [0.3, 0.4) is 0 Å². The first-order valence-electron chi connectivity index (χ1n) is 6.73. The Labute approximate surface area is 112 Å². The van der Waals surface area contributed by atoms with Crippen LogP contribution < -0.4 is 5.73 Å². The minimum Gasteiger partial charge on any atom is -0.399 e. The van der Waals surface area contributed by atoms with Gasteiger partial charge in [0.1, 0.15) is 5.82 Å². The molecular formula is C14H18FN3O. The van der Waals surface area contributed by atoms with Crippen molar-refractivity contribution in [2.24, 2.45) is 0 Å². The highest BCUT2D eigenvalue weighted by Crippen LogP contribution is 2.23.